The van der Waals surface area contributed by atoms with Crippen molar-refractivity contribution in [3.05, 3.63) is 11.4 Å². The molecule has 0 aromatic carbocycles. The largest absolute Gasteiger partial charge is 0.373 e. The number of aryl methyl sites for hydroxylation is 1. The van der Waals surface area contributed by atoms with Gasteiger partial charge in [0.25, 0.3) is 0 Å². The van der Waals surface area contributed by atoms with Gasteiger partial charge in [-0.05, 0) is 32.9 Å². The Hall–Kier alpha value is -1.36. The monoisotopic (exact) mass is 277 g/mol. The van der Waals surface area contributed by atoms with Crippen LogP contribution in [0, 0.1) is 6.92 Å². The highest BCUT2D eigenvalue weighted by atomic mass is 15.2. The van der Waals surface area contributed by atoms with Crippen molar-refractivity contribution in [2.45, 2.75) is 46.1 Å². The molecule has 0 spiro atoms. The second-order valence-corrected chi connectivity index (χ2v) is 5.37. The van der Waals surface area contributed by atoms with Gasteiger partial charge in [0.2, 0.25) is 0 Å². The molecule has 1 aromatic rings. The van der Waals surface area contributed by atoms with E-state index in [2.05, 4.69) is 46.3 Å². The number of anilines is 2. The summed E-state index contributed by atoms with van der Waals surface area (Å²) in [5.41, 5.74) is 1.10. The van der Waals surface area contributed by atoms with Crippen LogP contribution in [-0.4, -0.2) is 47.6 Å². The third-order valence-corrected chi connectivity index (χ3v) is 4.16. The van der Waals surface area contributed by atoms with Crippen molar-refractivity contribution in [2.24, 2.45) is 0 Å². The summed E-state index contributed by atoms with van der Waals surface area (Å²) in [6, 6.07) is 0.637. The van der Waals surface area contributed by atoms with Crippen molar-refractivity contribution in [1.82, 2.24) is 14.9 Å². The minimum atomic E-state index is 0.637. The molecule has 5 nitrogen and oxygen atoms in total. The van der Waals surface area contributed by atoms with Gasteiger partial charge in [0.1, 0.15) is 17.5 Å². The van der Waals surface area contributed by atoms with Crippen LogP contribution in [-0.2, 0) is 6.42 Å². The smallest absolute Gasteiger partial charge is 0.134 e. The van der Waals surface area contributed by atoms with Crippen LogP contribution in [0.25, 0.3) is 0 Å². The molecule has 0 radical (unpaired) electrons. The van der Waals surface area contributed by atoms with Gasteiger partial charge in [-0.15, -0.1) is 0 Å². The Morgan fingerprint density at radius 3 is 2.65 bits per heavy atom. The lowest BCUT2D eigenvalue weighted by atomic mass is 10.2. The highest BCUT2D eigenvalue weighted by Gasteiger charge is 2.23. The molecule has 2 N–H and O–H groups in total. The number of hydrogen-bond donors (Lipinski definition) is 2. The van der Waals surface area contributed by atoms with Crippen molar-refractivity contribution in [3.63, 3.8) is 0 Å². The number of likely N-dealkylation sites (tertiary alicyclic amines) is 1. The van der Waals surface area contributed by atoms with Crippen LogP contribution >= 0.6 is 0 Å². The number of nitrogens with zero attached hydrogens (tertiary/aromatic N) is 3. The van der Waals surface area contributed by atoms with Crippen molar-refractivity contribution >= 4 is 11.6 Å². The molecule has 0 bridgehead atoms. The van der Waals surface area contributed by atoms with Crippen molar-refractivity contribution < 1.29 is 0 Å². The molecule has 1 aliphatic heterocycles. The van der Waals surface area contributed by atoms with E-state index >= 15 is 0 Å². The number of likely N-dealkylation sites (N-methyl/N-ethyl adjacent to an activating group) is 1. The maximum absolute atomic E-state index is 4.63. The van der Waals surface area contributed by atoms with Gasteiger partial charge >= 0.3 is 0 Å². The first-order valence-electron chi connectivity index (χ1n) is 7.72. The van der Waals surface area contributed by atoms with Gasteiger partial charge in [0, 0.05) is 31.6 Å². The Morgan fingerprint density at radius 2 is 2.00 bits per heavy atom. The fourth-order valence-electron chi connectivity index (χ4n) is 2.89. The summed E-state index contributed by atoms with van der Waals surface area (Å²) in [4.78, 5) is 11.7. The molecule has 5 heteroatoms. The molecular formula is C15H27N5. The third kappa shape index (κ3) is 3.20. The number of hydrogen-bond acceptors (Lipinski definition) is 5. The van der Waals surface area contributed by atoms with E-state index in [4.69, 9.17) is 0 Å². The second-order valence-electron chi connectivity index (χ2n) is 5.37. The zero-order valence-corrected chi connectivity index (χ0v) is 13.2. The topological polar surface area (TPSA) is 53.1 Å². The molecule has 1 aromatic heterocycles. The predicted octanol–water partition coefficient (Wildman–Crippen LogP) is 2.29. The lowest BCUT2D eigenvalue weighted by Crippen LogP contribution is -2.35. The quantitative estimate of drug-likeness (QED) is 0.835. The zero-order chi connectivity index (χ0) is 14.5. The molecular weight excluding hydrogens is 250 g/mol. The first kappa shape index (κ1) is 15.0. The van der Waals surface area contributed by atoms with E-state index in [0.29, 0.717) is 6.04 Å². The summed E-state index contributed by atoms with van der Waals surface area (Å²) in [6.07, 6.45) is 3.45. The minimum Gasteiger partial charge on any atom is -0.373 e. The maximum Gasteiger partial charge on any atom is 0.134 e. The van der Waals surface area contributed by atoms with E-state index in [9.17, 15) is 0 Å². The number of rotatable bonds is 6. The first-order chi connectivity index (χ1) is 9.69. The van der Waals surface area contributed by atoms with Crippen LogP contribution in [0.4, 0.5) is 11.6 Å². The van der Waals surface area contributed by atoms with Gasteiger partial charge in [-0.25, -0.2) is 9.97 Å². The van der Waals surface area contributed by atoms with Gasteiger partial charge in [-0.2, -0.15) is 0 Å². The first-order valence-corrected chi connectivity index (χ1v) is 7.72. The summed E-state index contributed by atoms with van der Waals surface area (Å²) >= 11 is 0. The summed E-state index contributed by atoms with van der Waals surface area (Å²) in [7, 11) is 1.91. The SMILES string of the molecule is CCc1nc(NC)c(C)c(NCC2CCCN2CC)n1. The molecule has 1 saturated heterocycles. The molecule has 1 unspecified atom stereocenters. The van der Waals surface area contributed by atoms with Crippen LogP contribution < -0.4 is 10.6 Å². The van der Waals surface area contributed by atoms with E-state index in [1.165, 1.54) is 19.4 Å². The zero-order valence-electron chi connectivity index (χ0n) is 13.2. The third-order valence-electron chi connectivity index (χ3n) is 4.16. The van der Waals surface area contributed by atoms with Gasteiger partial charge in [0.15, 0.2) is 0 Å². The Bertz CT molecular complexity index is 446. The van der Waals surface area contributed by atoms with Crippen molar-refractivity contribution in [2.75, 3.05) is 37.3 Å². The standard InChI is InChI=1S/C15H27N5/c1-5-13-18-14(16-4)11(3)15(19-13)17-10-12-8-7-9-20(12)6-2/h12H,5-10H2,1-4H3,(H2,16,17,18,19). The van der Waals surface area contributed by atoms with Crippen LogP contribution in [0.5, 0.6) is 0 Å². The molecule has 20 heavy (non-hydrogen) atoms. The molecule has 1 aliphatic rings. The van der Waals surface area contributed by atoms with Gasteiger partial charge in [-0.1, -0.05) is 13.8 Å². The lowest BCUT2D eigenvalue weighted by Gasteiger charge is -2.23. The molecule has 0 amide bonds. The summed E-state index contributed by atoms with van der Waals surface area (Å²) in [6.45, 7) is 9.73. The van der Waals surface area contributed by atoms with E-state index in [-0.39, 0.29) is 0 Å². The summed E-state index contributed by atoms with van der Waals surface area (Å²) in [5.74, 6) is 2.79. The molecule has 112 valence electrons. The van der Waals surface area contributed by atoms with Crippen molar-refractivity contribution in [3.8, 4) is 0 Å². The average Bonchev–Trinajstić information content (AvgIpc) is 2.93. The second kappa shape index (κ2) is 6.88. The molecule has 0 saturated carbocycles. The Morgan fingerprint density at radius 1 is 1.25 bits per heavy atom. The highest BCUT2D eigenvalue weighted by molar-refractivity contribution is 5.57. The average molecular weight is 277 g/mol. The minimum absolute atomic E-state index is 0.637. The molecule has 2 heterocycles. The maximum atomic E-state index is 4.63. The van der Waals surface area contributed by atoms with Crippen LogP contribution in [0.15, 0.2) is 0 Å². The van der Waals surface area contributed by atoms with E-state index < -0.39 is 0 Å². The van der Waals surface area contributed by atoms with Gasteiger partial charge < -0.3 is 10.6 Å². The molecule has 0 aliphatic carbocycles. The number of aromatic nitrogens is 2. The number of nitrogens with one attached hydrogen (secondary N) is 2. The normalized spacial score (nSPS) is 19.3. The lowest BCUT2D eigenvalue weighted by molar-refractivity contribution is 0.277. The Labute approximate surface area is 122 Å². The predicted molar refractivity (Wildman–Crippen MR) is 84.5 cm³/mol. The molecule has 1 fully saturated rings. The van der Waals surface area contributed by atoms with E-state index in [0.717, 1.165) is 42.5 Å². The fourth-order valence-corrected chi connectivity index (χ4v) is 2.89. The van der Waals surface area contributed by atoms with Crippen LogP contribution in [0.1, 0.15) is 38.1 Å². The van der Waals surface area contributed by atoms with E-state index in [1.807, 2.05) is 7.05 Å². The summed E-state index contributed by atoms with van der Waals surface area (Å²) < 4.78 is 0. The highest BCUT2D eigenvalue weighted by Crippen LogP contribution is 2.22. The van der Waals surface area contributed by atoms with Gasteiger partial charge in [0.05, 0.1) is 0 Å². The Balaban J connectivity index is 2.08. The van der Waals surface area contributed by atoms with Gasteiger partial charge in [-0.3, -0.25) is 4.90 Å². The van der Waals surface area contributed by atoms with Crippen LogP contribution in [0.2, 0.25) is 0 Å². The molecule has 1 atom stereocenters. The van der Waals surface area contributed by atoms with E-state index in [1.54, 1.807) is 0 Å². The summed E-state index contributed by atoms with van der Waals surface area (Å²) in [5, 5.41) is 6.69. The van der Waals surface area contributed by atoms with Crippen LogP contribution in [0.3, 0.4) is 0 Å². The fraction of sp³-hybridized carbons (Fsp3) is 0.733. The molecule has 2 rings (SSSR count). The van der Waals surface area contributed by atoms with Crippen molar-refractivity contribution in [1.29, 1.82) is 0 Å². The Kier molecular flexibility index (Phi) is 5.17.